The summed E-state index contributed by atoms with van der Waals surface area (Å²) in [6.45, 7) is 0. The van der Waals surface area contributed by atoms with Gasteiger partial charge in [0.1, 0.15) is 11.4 Å². The zero-order chi connectivity index (χ0) is 21.3. The summed E-state index contributed by atoms with van der Waals surface area (Å²) in [5.41, 5.74) is 3.30. The Morgan fingerprint density at radius 2 is 2.07 bits per heavy atom. The molecule has 3 heterocycles. The average molecular weight is 415 g/mol. The van der Waals surface area contributed by atoms with Gasteiger partial charge in [-0.25, -0.2) is 4.98 Å². The van der Waals surface area contributed by atoms with Crippen LogP contribution in [0.15, 0.2) is 55.1 Å². The number of aromatic nitrogens is 4. The summed E-state index contributed by atoms with van der Waals surface area (Å²) >= 11 is 0. The molecule has 0 fully saturated rings. The molecular formula is C20H16F3N5O2. The Bertz CT molecular complexity index is 1210. The van der Waals surface area contributed by atoms with Crippen LogP contribution in [0.1, 0.15) is 5.56 Å². The predicted octanol–water partition coefficient (Wildman–Crippen LogP) is 4.04. The molecule has 7 nitrogen and oxygen atoms in total. The van der Waals surface area contributed by atoms with Crippen molar-refractivity contribution in [1.82, 2.24) is 19.7 Å². The van der Waals surface area contributed by atoms with Crippen LogP contribution >= 0.6 is 0 Å². The largest absolute Gasteiger partial charge is 0.573 e. The van der Waals surface area contributed by atoms with Crippen LogP contribution in [0.25, 0.3) is 22.2 Å². The van der Waals surface area contributed by atoms with Gasteiger partial charge in [0, 0.05) is 53.9 Å². The van der Waals surface area contributed by atoms with Gasteiger partial charge in [-0.3, -0.25) is 9.48 Å². The minimum absolute atomic E-state index is 0.0164. The highest BCUT2D eigenvalue weighted by molar-refractivity contribution is 5.96. The van der Waals surface area contributed by atoms with Gasteiger partial charge in [0.05, 0.1) is 12.6 Å². The Morgan fingerprint density at radius 3 is 2.80 bits per heavy atom. The van der Waals surface area contributed by atoms with Crippen LogP contribution < -0.4 is 10.1 Å². The van der Waals surface area contributed by atoms with E-state index in [0.29, 0.717) is 11.2 Å². The predicted molar refractivity (Wildman–Crippen MR) is 104 cm³/mol. The summed E-state index contributed by atoms with van der Waals surface area (Å²) in [5, 5.41) is 7.51. The monoisotopic (exact) mass is 415 g/mol. The number of nitrogens with zero attached hydrogens (tertiary/aromatic N) is 3. The second-order valence-electron chi connectivity index (χ2n) is 6.64. The smallest absolute Gasteiger partial charge is 0.406 e. The number of aromatic amines is 1. The van der Waals surface area contributed by atoms with E-state index in [4.69, 9.17) is 0 Å². The topological polar surface area (TPSA) is 84.8 Å². The number of rotatable bonds is 5. The fourth-order valence-electron chi connectivity index (χ4n) is 3.08. The fraction of sp³-hybridized carbons (Fsp3) is 0.150. The van der Waals surface area contributed by atoms with E-state index in [1.54, 1.807) is 23.3 Å². The van der Waals surface area contributed by atoms with Crippen molar-refractivity contribution >= 4 is 22.6 Å². The van der Waals surface area contributed by atoms with Crippen molar-refractivity contribution in [3.63, 3.8) is 0 Å². The van der Waals surface area contributed by atoms with Gasteiger partial charge in [0.15, 0.2) is 0 Å². The quantitative estimate of drug-likeness (QED) is 0.515. The molecule has 0 spiro atoms. The molecule has 3 aromatic heterocycles. The van der Waals surface area contributed by atoms with Gasteiger partial charge >= 0.3 is 6.36 Å². The van der Waals surface area contributed by atoms with E-state index in [0.717, 1.165) is 28.6 Å². The molecule has 0 atom stereocenters. The van der Waals surface area contributed by atoms with E-state index in [2.05, 4.69) is 25.1 Å². The van der Waals surface area contributed by atoms with Crippen LogP contribution in [0.3, 0.4) is 0 Å². The molecule has 10 heteroatoms. The summed E-state index contributed by atoms with van der Waals surface area (Å²) in [5.74, 6) is -0.787. The molecule has 0 aliphatic carbocycles. The second kappa shape index (κ2) is 7.54. The highest BCUT2D eigenvalue weighted by Crippen LogP contribution is 2.26. The highest BCUT2D eigenvalue weighted by Gasteiger charge is 2.31. The SMILES string of the molecule is Cn1cc(-c2cnc3[nH]cc(CC(=O)Nc4cccc(OC(F)(F)F)c4)c3c2)cn1. The normalized spacial score (nSPS) is 11.6. The molecule has 4 aromatic rings. The maximum atomic E-state index is 12.5. The molecule has 1 aromatic carbocycles. The molecule has 30 heavy (non-hydrogen) atoms. The minimum Gasteiger partial charge on any atom is -0.406 e. The Morgan fingerprint density at radius 1 is 1.23 bits per heavy atom. The van der Waals surface area contributed by atoms with E-state index in [-0.39, 0.29) is 18.0 Å². The van der Waals surface area contributed by atoms with E-state index < -0.39 is 12.1 Å². The maximum absolute atomic E-state index is 12.5. The highest BCUT2D eigenvalue weighted by atomic mass is 19.4. The Kier molecular flexibility index (Phi) is 4.90. The lowest BCUT2D eigenvalue weighted by atomic mass is 10.1. The number of benzene rings is 1. The van der Waals surface area contributed by atoms with Gasteiger partial charge in [-0.15, -0.1) is 13.2 Å². The second-order valence-corrected chi connectivity index (χ2v) is 6.64. The zero-order valence-corrected chi connectivity index (χ0v) is 15.7. The molecular weight excluding hydrogens is 399 g/mol. The van der Waals surface area contributed by atoms with Crippen molar-refractivity contribution in [3.05, 3.63) is 60.7 Å². The Hall–Kier alpha value is -3.82. The minimum atomic E-state index is -4.80. The number of nitrogens with one attached hydrogen (secondary N) is 2. The lowest BCUT2D eigenvalue weighted by Gasteiger charge is -2.10. The van der Waals surface area contributed by atoms with Crippen molar-refractivity contribution < 1.29 is 22.7 Å². The van der Waals surface area contributed by atoms with Gasteiger partial charge in [0.2, 0.25) is 5.91 Å². The first-order valence-corrected chi connectivity index (χ1v) is 8.87. The summed E-state index contributed by atoms with van der Waals surface area (Å²) < 4.78 is 42.7. The van der Waals surface area contributed by atoms with E-state index in [1.165, 1.54) is 12.1 Å². The van der Waals surface area contributed by atoms with Gasteiger partial charge < -0.3 is 15.0 Å². The number of ether oxygens (including phenoxy) is 1. The number of pyridine rings is 1. The van der Waals surface area contributed by atoms with Gasteiger partial charge in [-0.1, -0.05) is 6.07 Å². The molecule has 0 radical (unpaired) electrons. The van der Waals surface area contributed by atoms with Crippen LogP contribution in [0.4, 0.5) is 18.9 Å². The third-order valence-corrected chi connectivity index (χ3v) is 4.36. The van der Waals surface area contributed by atoms with E-state index in [9.17, 15) is 18.0 Å². The van der Waals surface area contributed by atoms with Crippen molar-refractivity contribution in [2.24, 2.45) is 7.05 Å². The molecule has 0 saturated heterocycles. The number of alkyl halides is 3. The molecule has 0 aliphatic heterocycles. The third-order valence-electron chi connectivity index (χ3n) is 4.36. The Labute approximate surface area is 168 Å². The molecule has 4 rings (SSSR count). The lowest BCUT2D eigenvalue weighted by Crippen LogP contribution is -2.18. The number of anilines is 1. The lowest BCUT2D eigenvalue weighted by molar-refractivity contribution is -0.274. The number of hydrogen-bond donors (Lipinski definition) is 2. The zero-order valence-electron chi connectivity index (χ0n) is 15.7. The van der Waals surface area contributed by atoms with Gasteiger partial charge in [-0.05, 0) is 23.8 Å². The molecule has 154 valence electrons. The standard InChI is InChI=1S/C20H16F3N5O2/c1-28-11-14(10-26-28)12-5-17-13(9-25-19(17)24-8-12)6-18(29)27-15-3-2-4-16(7-15)30-20(21,22)23/h2-5,7-11H,6H2,1H3,(H,24,25)(H,27,29). The number of halogens is 3. The number of fused-ring (bicyclic) bond motifs is 1. The number of aryl methyl sites for hydroxylation is 1. The third kappa shape index (κ3) is 4.43. The van der Waals surface area contributed by atoms with E-state index >= 15 is 0 Å². The molecule has 0 unspecified atom stereocenters. The first-order valence-electron chi connectivity index (χ1n) is 8.87. The van der Waals surface area contributed by atoms with Crippen LogP contribution in [0.2, 0.25) is 0 Å². The average Bonchev–Trinajstić information content (AvgIpc) is 3.26. The molecule has 1 amide bonds. The number of carbonyl (C=O) groups is 1. The van der Waals surface area contributed by atoms with Crippen LogP contribution in [-0.2, 0) is 18.3 Å². The number of hydrogen-bond acceptors (Lipinski definition) is 4. The molecule has 0 aliphatic rings. The van der Waals surface area contributed by atoms with Gasteiger partial charge in [-0.2, -0.15) is 5.10 Å². The summed E-state index contributed by atoms with van der Waals surface area (Å²) in [4.78, 5) is 19.9. The van der Waals surface area contributed by atoms with Crippen LogP contribution in [-0.4, -0.2) is 32.0 Å². The van der Waals surface area contributed by atoms with Gasteiger partial charge in [0.25, 0.3) is 0 Å². The number of H-pyrrole nitrogens is 1. The van der Waals surface area contributed by atoms with Crippen LogP contribution in [0, 0.1) is 0 Å². The van der Waals surface area contributed by atoms with Crippen molar-refractivity contribution in [2.75, 3.05) is 5.32 Å². The summed E-state index contributed by atoms with van der Waals surface area (Å²) in [6.07, 6.45) is 2.20. The first kappa shape index (κ1) is 19.5. The summed E-state index contributed by atoms with van der Waals surface area (Å²) in [7, 11) is 1.82. The first-order chi connectivity index (χ1) is 14.3. The van der Waals surface area contributed by atoms with E-state index in [1.807, 2.05) is 19.3 Å². The van der Waals surface area contributed by atoms with Crippen molar-refractivity contribution in [1.29, 1.82) is 0 Å². The molecule has 0 bridgehead atoms. The summed E-state index contributed by atoms with van der Waals surface area (Å²) in [6, 6.07) is 7.04. The number of amides is 1. The molecule has 2 N–H and O–H groups in total. The number of carbonyl (C=O) groups excluding carboxylic acids is 1. The fourth-order valence-corrected chi connectivity index (χ4v) is 3.08. The molecule has 0 saturated carbocycles. The van der Waals surface area contributed by atoms with Crippen LogP contribution in [0.5, 0.6) is 5.75 Å². The van der Waals surface area contributed by atoms with Crippen molar-refractivity contribution in [3.8, 4) is 16.9 Å². The Balaban J connectivity index is 1.51. The maximum Gasteiger partial charge on any atom is 0.573 e. The van der Waals surface area contributed by atoms with Crippen molar-refractivity contribution in [2.45, 2.75) is 12.8 Å².